The number of aryl methyl sites for hydroxylation is 2. The zero-order valence-electron chi connectivity index (χ0n) is 13.2. The fourth-order valence-electron chi connectivity index (χ4n) is 2.45. The first-order chi connectivity index (χ1) is 11.3. The van der Waals surface area contributed by atoms with Crippen LogP contribution in [0.15, 0.2) is 36.4 Å². The molecule has 0 bridgehead atoms. The molecule has 0 saturated carbocycles. The third kappa shape index (κ3) is 4.31. The van der Waals surface area contributed by atoms with Gasteiger partial charge < -0.3 is 10.4 Å². The molecule has 1 atom stereocenters. The Hall–Kier alpha value is -2.44. The summed E-state index contributed by atoms with van der Waals surface area (Å²) in [5.41, 5.74) is 2.21. The lowest BCUT2D eigenvalue weighted by atomic mass is 10.0. The highest BCUT2D eigenvalue weighted by molar-refractivity contribution is 6.31. The Morgan fingerprint density at radius 1 is 1.25 bits per heavy atom. The van der Waals surface area contributed by atoms with E-state index < -0.39 is 16.9 Å². The van der Waals surface area contributed by atoms with Gasteiger partial charge in [0, 0.05) is 17.6 Å². The van der Waals surface area contributed by atoms with Crippen LogP contribution in [0.4, 0.5) is 5.69 Å². The first kappa shape index (κ1) is 17.9. The van der Waals surface area contributed by atoms with E-state index in [1.165, 1.54) is 12.1 Å². The number of hydrogen-bond acceptors (Lipinski definition) is 4. The summed E-state index contributed by atoms with van der Waals surface area (Å²) in [5, 5.41) is 23.9. The minimum absolute atomic E-state index is 0.0541. The van der Waals surface area contributed by atoms with Crippen LogP contribution in [0.2, 0.25) is 5.02 Å². The summed E-state index contributed by atoms with van der Waals surface area (Å²) in [6.45, 7) is 3.78. The van der Waals surface area contributed by atoms with Crippen LogP contribution < -0.4 is 5.32 Å². The van der Waals surface area contributed by atoms with E-state index in [0.29, 0.717) is 5.56 Å². The molecule has 0 heterocycles. The van der Waals surface area contributed by atoms with Gasteiger partial charge in [-0.3, -0.25) is 14.9 Å². The lowest BCUT2D eigenvalue weighted by Gasteiger charge is -2.14. The number of carbonyl (C=O) groups is 1. The molecule has 24 heavy (non-hydrogen) atoms. The molecule has 0 radical (unpaired) electrons. The number of rotatable bonds is 5. The molecule has 0 aliphatic heterocycles. The second kappa shape index (κ2) is 7.42. The summed E-state index contributed by atoms with van der Waals surface area (Å²) in [6.07, 6.45) is -0.904. The minimum atomic E-state index is -0.904. The van der Waals surface area contributed by atoms with E-state index in [1.807, 2.05) is 32.0 Å². The van der Waals surface area contributed by atoms with Crippen molar-refractivity contribution in [3.8, 4) is 0 Å². The molecule has 2 N–H and O–H groups in total. The van der Waals surface area contributed by atoms with Gasteiger partial charge in [0.2, 0.25) is 0 Å². The molecular formula is C17H17ClN2O4. The Bertz CT molecular complexity index is 772. The largest absolute Gasteiger partial charge is 0.387 e. The highest BCUT2D eigenvalue weighted by Gasteiger charge is 2.21. The zero-order valence-corrected chi connectivity index (χ0v) is 14.0. The van der Waals surface area contributed by atoms with Crippen molar-refractivity contribution in [2.45, 2.75) is 20.0 Å². The third-order valence-electron chi connectivity index (χ3n) is 3.49. The molecule has 6 nitrogen and oxygen atoms in total. The van der Waals surface area contributed by atoms with Gasteiger partial charge in [-0.15, -0.1) is 0 Å². The van der Waals surface area contributed by atoms with E-state index >= 15 is 0 Å². The first-order valence-electron chi connectivity index (χ1n) is 7.26. The lowest BCUT2D eigenvalue weighted by molar-refractivity contribution is -0.385. The van der Waals surface area contributed by atoms with Crippen molar-refractivity contribution < 1.29 is 14.8 Å². The first-order valence-corrected chi connectivity index (χ1v) is 7.64. The van der Waals surface area contributed by atoms with Crippen LogP contribution in [0.5, 0.6) is 0 Å². The van der Waals surface area contributed by atoms with Crippen LogP contribution in [0.1, 0.15) is 33.2 Å². The van der Waals surface area contributed by atoms with Crippen molar-refractivity contribution in [3.05, 3.63) is 73.8 Å². The minimum Gasteiger partial charge on any atom is -0.387 e. The highest BCUT2D eigenvalue weighted by Crippen LogP contribution is 2.23. The number of nitro benzene ring substituents is 1. The van der Waals surface area contributed by atoms with Gasteiger partial charge >= 0.3 is 0 Å². The SMILES string of the molecule is Cc1cc(C)cc([C@H](O)CNC(=O)c2ccc(Cl)cc2[N+](=O)[O-])c1. The van der Waals surface area contributed by atoms with Gasteiger partial charge in [0.05, 0.1) is 11.0 Å². The lowest BCUT2D eigenvalue weighted by Crippen LogP contribution is -2.29. The molecule has 0 aromatic heterocycles. The van der Waals surface area contributed by atoms with Crippen molar-refractivity contribution in [3.63, 3.8) is 0 Å². The standard InChI is InChI=1S/C17H17ClN2O4/c1-10-5-11(2)7-12(6-10)16(21)9-19-17(22)14-4-3-13(18)8-15(14)20(23)24/h3-8,16,21H,9H2,1-2H3,(H,19,22)/t16-/m1/s1. The van der Waals surface area contributed by atoms with Crippen molar-refractivity contribution in [2.75, 3.05) is 6.54 Å². The van der Waals surface area contributed by atoms with Crippen LogP contribution in [0, 0.1) is 24.0 Å². The molecule has 0 spiro atoms. The van der Waals surface area contributed by atoms with Crippen LogP contribution >= 0.6 is 11.6 Å². The van der Waals surface area contributed by atoms with Crippen molar-refractivity contribution in [1.82, 2.24) is 5.32 Å². The monoisotopic (exact) mass is 348 g/mol. The summed E-state index contributed by atoms with van der Waals surface area (Å²) in [7, 11) is 0. The second-order valence-corrected chi connectivity index (χ2v) is 6.00. The molecule has 0 unspecified atom stereocenters. The molecule has 0 aliphatic carbocycles. The summed E-state index contributed by atoms with van der Waals surface area (Å²) < 4.78 is 0. The van der Waals surface area contributed by atoms with Gasteiger partial charge in [-0.1, -0.05) is 40.9 Å². The molecule has 2 aromatic carbocycles. The van der Waals surface area contributed by atoms with Gasteiger partial charge in [-0.05, 0) is 31.5 Å². The van der Waals surface area contributed by atoms with Gasteiger partial charge in [-0.2, -0.15) is 0 Å². The van der Waals surface area contributed by atoms with Crippen LogP contribution in [0.25, 0.3) is 0 Å². The predicted octanol–water partition coefficient (Wildman–Crippen LogP) is 3.33. The Kier molecular flexibility index (Phi) is 5.54. The molecule has 126 valence electrons. The molecule has 0 aliphatic rings. The maximum atomic E-state index is 12.2. The van der Waals surface area contributed by atoms with Crippen LogP contribution in [0.3, 0.4) is 0 Å². The number of nitrogens with zero attached hydrogens (tertiary/aromatic N) is 1. The number of hydrogen-bond donors (Lipinski definition) is 2. The third-order valence-corrected chi connectivity index (χ3v) is 3.72. The fourth-order valence-corrected chi connectivity index (χ4v) is 2.62. The number of amides is 1. The zero-order chi connectivity index (χ0) is 17.9. The Morgan fingerprint density at radius 3 is 2.46 bits per heavy atom. The number of benzene rings is 2. The van der Waals surface area contributed by atoms with Gasteiger partial charge in [0.25, 0.3) is 11.6 Å². The molecule has 0 saturated heterocycles. The average Bonchev–Trinajstić information content (AvgIpc) is 2.51. The quantitative estimate of drug-likeness (QED) is 0.640. The topological polar surface area (TPSA) is 92.5 Å². The van der Waals surface area contributed by atoms with E-state index in [-0.39, 0.29) is 22.8 Å². The molecule has 0 fully saturated rings. The number of aliphatic hydroxyl groups is 1. The summed E-state index contributed by atoms with van der Waals surface area (Å²) in [6, 6.07) is 9.45. The average molecular weight is 349 g/mol. The fraction of sp³-hybridized carbons (Fsp3) is 0.235. The molecule has 7 heteroatoms. The Balaban J connectivity index is 2.12. The predicted molar refractivity (Wildman–Crippen MR) is 91.3 cm³/mol. The van der Waals surface area contributed by atoms with E-state index in [2.05, 4.69) is 5.32 Å². The van der Waals surface area contributed by atoms with E-state index in [9.17, 15) is 20.0 Å². The van der Waals surface area contributed by atoms with E-state index in [4.69, 9.17) is 11.6 Å². The van der Waals surface area contributed by atoms with E-state index in [0.717, 1.165) is 17.2 Å². The summed E-state index contributed by atoms with van der Waals surface area (Å²) in [5.74, 6) is -0.637. The number of aliphatic hydroxyl groups excluding tert-OH is 1. The second-order valence-electron chi connectivity index (χ2n) is 5.57. The van der Waals surface area contributed by atoms with Crippen molar-refractivity contribution in [1.29, 1.82) is 0 Å². The molecule has 2 aromatic rings. The number of nitro groups is 1. The van der Waals surface area contributed by atoms with Crippen molar-refractivity contribution >= 4 is 23.2 Å². The van der Waals surface area contributed by atoms with Crippen LogP contribution in [-0.4, -0.2) is 22.5 Å². The smallest absolute Gasteiger partial charge is 0.283 e. The number of halogens is 1. The highest BCUT2D eigenvalue weighted by atomic mass is 35.5. The molecular weight excluding hydrogens is 332 g/mol. The van der Waals surface area contributed by atoms with Gasteiger partial charge in [0.1, 0.15) is 5.56 Å². The van der Waals surface area contributed by atoms with Gasteiger partial charge in [-0.25, -0.2) is 0 Å². The van der Waals surface area contributed by atoms with Crippen LogP contribution in [-0.2, 0) is 0 Å². The van der Waals surface area contributed by atoms with Crippen molar-refractivity contribution in [2.24, 2.45) is 0 Å². The van der Waals surface area contributed by atoms with Gasteiger partial charge in [0.15, 0.2) is 0 Å². The Labute approximate surface area is 144 Å². The molecule has 2 rings (SSSR count). The summed E-state index contributed by atoms with van der Waals surface area (Å²) in [4.78, 5) is 22.5. The molecule has 1 amide bonds. The maximum Gasteiger partial charge on any atom is 0.283 e. The summed E-state index contributed by atoms with van der Waals surface area (Å²) >= 11 is 5.73. The maximum absolute atomic E-state index is 12.2. The number of nitrogens with one attached hydrogen (secondary N) is 1. The Morgan fingerprint density at radius 2 is 1.88 bits per heavy atom. The van der Waals surface area contributed by atoms with E-state index in [1.54, 1.807) is 0 Å². The normalized spacial score (nSPS) is 11.8. The number of carbonyl (C=O) groups excluding carboxylic acids is 1.